The Labute approximate surface area is 126 Å². The van der Waals surface area contributed by atoms with Crippen molar-refractivity contribution in [3.63, 3.8) is 0 Å². The second-order valence-electron chi connectivity index (χ2n) is 5.41. The Morgan fingerprint density at radius 1 is 1.24 bits per heavy atom. The molecular formula is C15H23N2O3P. The highest BCUT2D eigenvalue weighted by atomic mass is 31.2. The van der Waals surface area contributed by atoms with Crippen LogP contribution < -0.4 is 0 Å². The van der Waals surface area contributed by atoms with Crippen molar-refractivity contribution in [2.75, 3.05) is 34.9 Å². The molecule has 0 aliphatic rings. The number of fused-ring (bicyclic) bond motifs is 1. The highest BCUT2D eigenvalue weighted by Gasteiger charge is 2.27. The van der Waals surface area contributed by atoms with E-state index >= 15 is 0 Å². The molecule has 0 saturated carbocycles. The molecule has 0 radical (unpaired) electrons. The van der Waals surface area contributed by atoms with E-state index in [1.807, 2.05) is 32.4 Å². The van der Waals surface area contributed by atoms with Crippen molar-refractivity contribution in [2.24, 2.45) is 0 Å². The Bertz CT molecular complexity index is 671. The zero-order valence-electron chi connectivity index (χ0n) is 13.3. The van der Waals surface area contributed by atoms with Crippen molar-refractivity contribution in [1.29, 1.82) is 0 Å². The van der Waals surface area contributed by atoms with Gasteiger partial charge in [-0.2, -0.15) is 0 Å². The van der Waals surface area contributed by atoms with Crippen LogP contribution in [-0.4, -0.2) is 44.1 Å². The van der Waals surface area contributed by atoms with Crippen LogP contribution in [0.2, 0.25) is 0 Å². The second-order valence-corrected chi connectivity index (χ2v) is 7.50. The molecule has 6 heteroatoms. The van der Waals surface area contributed by atoms with Gasteiger partial charge in [0.2, 0.25) is 0 Å². The summed E-state index contributed by atoms with van der Waals surface area (Å²) in [4.78, 5) is 2.13. The van der Waals surface area contributed by atoms with E-state index in [1.54, 1.807) is 4.34 Å². The lowest BCUT2D eigenvalue weighted by Gasteiger charge is -2.15. The van der Waals surface area contributed by atoms with Gasteiger partial charge in [0, 0.05) is 32.3 Å². The zero-order chi connectivity index (χ0) is 15.6. The van der Waals surface area contributed by atoms with Crippen LogP contribution in [0.25, 0.3) is 10.9 Å². The van der Waals surface area contributed by atoms with Gasteiger partial charge in [-0.1, -0.05) is 11.6 Å². The van der Waals surface area contributed by atoms with Crippen LogP contribution in [0.3, 0.4) is 0 Å². The Hall–Kier alpha value is -1.13. The third-order valence-electron chi connectivity index (χ3n) is 3.58. The van der Waals surface area contributed by atoms with Gasteiger partial charge in [0.25, 0.3) is 0 Å². The summed E-state index contributed by atoms with van der Waals surface area (Å²) in [5.41, 5.74) is 3.20. The van der Waals surface area contributed by atoms with E-state index in [4.69, 9.17) is 9.05 Å². The summed E-state index contributed by atoms with van der Waals surface area (Å²) in [6.45, 7) is 2.98. The number of rotatable bonds is 6. The number of hydrogen-bond acceptors (Lipinski definition) is 4. The largest absolute Gasteiger partial charge is 0.438 e. The quantitative estimate of drug-likeness (QED) is 0.768. The van der Waals surface area contributed by atoms with Crippen LogP contribution in [0, 0.1) is 6.92 Å². The van der Waals surface area contributed by atoms with Crippen molar-refractivity contribution in [3.05, 3.63) is 35.5 Å². The summed E-state index contributed by atoms with van der Waals surface area (Å²) in [5.74, 6) is 0. The van der Waals surface area contributed by atoms with Crippen LogP contribution in [-0.2, 0) is 20.0 Å². The van der Waals surface area contributed by atoms with E-state index in [0.717, 1.165) is 29.4 Å². The first-order chi connectivity index (χ1) is 9.91. The molecule has 0 N–H and O–H groups in total. The van der Waals surface area contributed by atoms with Gasteiger partial charge in [0.15, 0.2) is 0 Å². The fraction of sp³-hybridized carbons (Fsp3) is 0.467. The van der Waals surface area contributed by atoms with Gasteiger partial charge in [-0.15, -0.1) is 0 Å². The minimum absolute atomic E-state index is 0.876. The summed E-state index contributed by atoms with van der Waals surface area (Å²) in [6.07, 6.45) is 2.77. The Morgan fingerprint density at radius 2 is 1.90 bits per heavy atom. The third-order valence-corrected chi connectivity index (χ3v) is 5.36. The van der Waals surface area contributed by atoms with Crippen molar-refractivity contribution >= 4 is 18.6 Å². The Kier molecular flexibility index (Phi) is 4.89. The van der Waals surface area contributed by atoms with Crippen LogP contribution in [0.5, 0.6) is 0 Å². The average Bonchev–Trinajstić information content (AvgIpc) is 2.82. The summed E-state index contributed by atoms with van der Waals surface area (Å²) < 4.78 is 24.6. The lowest BCUT2D eigenvalue weighted by Crippen LogP contribution is -2.14. The molecule has 0 bridgehead atoms. The van der Waals surface area contributed by atoms with Crippen molar-refractivity contribution < 1.29 is 13.6 Å². The van der Waals surface area contributed by atoms with Gasteiger partial charge in [-0.25, -0.2) is 4.57 Å². The fourth-order valence-electron chi connectivity index (χ4n) is 2.39. The topological polar surface area (TPSA) is 43.7 Å². The standard InChI is InChI=1S/C15H23N2O3P/c1-12-6-7-15-14(10-12)13(8-9-16(2)3)11-17(15)21(18,19-4)20-5/h6-7,10-11H,8-9H2,1-5H3. The van der Waals surface area contributed by atoms with Crippen molar-refractivity contribution in [1.82, 2.24) is 9.24 Å². The molecule has 0 aliphatic carbocycles. The first-order valence-corrected chi connectivity index (χ1v) is 8.38. The van der Waals surface area contributed by atoms with E-state index in [9.17, 15) is 4.57 Å². The summed E-state index contributed by atoms with van der Waals surface area (Å²) in [7, 11) is 3.58. The minimum Gasteiger partial charge on any atom is -0.309 e. The lowest BCUT2D eigenvalue weighted by molar-refractivity contribution is 0.268. The highest BCUT2D eigenvalue weighted by molar-refractivity contribution is 7.52. The molecule has 0 unspecified atom stereocenters. The normalized spacial score (nSPS) is 12.5. The van der Waals surface area contributed by atoms with Crippen LogP contribution in [0.15, 0.2) is 24.4 Å². The van der Waals surface area contributed by atoms with E-state index in [2.05, 4.69) is 17.9 Å². The van der Waals surface area contributed by atoms with Gasteiger partial charge < -0.3 is 4.90 Å². The van der Waals surface area contributed by atoms with E-state index in [1.165, 1.54) is 19.8 Å². The molecule has 0 saturated heterocycles. The van der Waals surface area contributed by atoms with Gasteiger partial charge in [-0.05, 0) is 45.1 Å². The van der Waals surface area contributed by atoms with Crippen molar-refractivity contribution in [3.8, 4) is 0 Å². The van der Waals surface area contributed by atoms with Crippen LogP contribution in [0.4, 0.5) is 0 Å². The maximum Gasteiger partial charge on any atom is 0.438 e. The van der Waals surface area contributed by atoms with E-state index in [-0.39, 0.29) is 0 Å². The monoisotopic (exact) mass is 310 g/mol. The molecule has 1 aromatic heterocycles. The molecule has 0 aliphatic heterocycles. The molecule has 116 valence electrons. The number of hydrogen-bond donors (Lipinski definition) is 0. The SMILES string of the molecule is COP(=O)(OC)n1cc(CCN(C)C)c2cc(C)ccc21. The Balaban J connectivity index is 2.59. The molecule has 21 heavy (non-hydrogen) atoms. The van der Waals surface area contributed by atoms with Gasteiger partial charge in [0.1, 0.15) is 0 Å². The predicted octanol–water partition coefficient (Wildman–Crippen LogP) is 3.30. The molecule has 0 atom stereocenters. The van der Waals surface area contributed by atoms with Gasteiger partial charge in [-0.3, -0.25) is 13.4 Å². The third kappa shape index (κ3) is 3.22. The summed E-state index contributed by atoms with van der Waals surface area (Å²) >= 11 is 0. The maximum absolute atomic E-state index is 12.7. The van der Waals surface area contributed by atoms with Crippen LogP contribution >= 0.6 is 7.75 Å². The van der Waals surface area contributed by atoms with Gasteiger partial charge in [0.05, 0.1) is 5.52 Å². The van der Waals surface area contributed by atoms with Gasteiger partial charge >= 0.3 is 7.75 Å². The molecule has 2 rings (SSSR count). The lowest BCUT2D eigenvalue weighted by atomic mass is 10.1. The molecule has 1 aromatic carbocycles. The second kappa shape index (κ2) is 6.32. The zero-order valence-corrected chi connectivity index (χ0v) is 14.2. The first-order valence-electron chi connectivity index (χ1n) is 6.89. The highest BCUT2D eigenvalue weighted by Crippen LogP contribution is 2.50. The number of likely N-dealkylation sites (N-methyl/N-ethyl adjacent to an activating group) is 1. The smallest absolute Gasteiger partial charge is 0.309 e. The molecular weight excluding hydrogens is 287 g/mol. The Morgan fingerprint density at radius 3 is 2.48 bits per heavy atom. The summed E-state index contributed by atoms with van der Waals surface area (Å²) in [6, 6.07) is 6.09. The van der Waals surface area contributed by atoms with Crippen LogP contribution in [0.1, 0.15) is 11.1 Å². The number of aryl methyl sites for hydroxylation is 1. The number of nitrogens with zero attached hydrogens (tertiary/aromatic N) is 2. The predicted molar refractivity (Wildman–Crippen MR) is 86.0 cm³/mol. The number of benzene rings is 1. The molecule has 1 heterocycles. The maximum atomic E-state index is 12.7. The minimum atomic E-state index is -3.32. The molecule has 2 aromatic rings. The average molecular weight is 310 g/mol. The van der Waals surface area contributed by atoms with Crippen molar-refractivity contribution in [2.45, 2.75) is 13.3 Å². The summed E-state index contributed by atoms with van der Waals surface area (Å²) in [5, 5.41) is 1.10. The number of aromatic nitrogens is 1. The molecule has 0 amide bonds. The van der Waals surface area contributed by atoms with E-state index < -0.39 is 7.75 Å². The fourth-order valence-corrected chi connectivity index (χ4v) is 3.61. The molecule has 0 spiro atoms. The molecule has 5 nitrogen and oxygen atoms in total. The van der Waals surface area contributed by atoms with E-state index in [0.29, 0.717) is 0 Å². The first kappa shape index (κ1) is 16.2. The molecule has 0 fully saturated rings.